The summed E-state index contributed by atoms with van der Waals surface area (Å²) < 4.78 is 6.07. The van der Waals surface area contributed by atoms with Crippen LogP contribution in [0.15, 0.2) is 60.7 Å². The van der Waals surface area contributed by atoms with Gasteiger partial charge in [0.1, 0.15) is 5.75 Å². The van der Waals surface area contributed by atoms with Gasteiger partial charge in [-0.15, -0.1) is 45.3 Å². The number of ether oxygens (including phenoxy) is 1. The standard InChI is InChI=1S/C38H41NO3S4/c1-5-7-10-26(6-2)23-42-28-15-13-27(14-16-28)11-8-9-22-39-37(40)34-25(4)44-36(35(34)38(39)41)33-21-20-32(46-33)31-19-18-30(45-31)29-17-12-24(3)43-29/h12-21,26H,5-11,22-23H2,1-4H3. The van der Waals surface area contributed by atoms with Crippen LogP contribution in [0.2, 0.25) is 0 Å². The van der Waals surface area contributed by atoms with Crippen molar-refractivity contribution in [1.29, 1.82) is 0 Å². The first-order valence-corrected chi connectivity index (χ1v) is 19.6. The van der Waals surface area contributed by atoms with E-state index in [1.807, 2.05) is 18.3 Å². The Kier molecular flexibility index (Phi) is 10.6. The molecule has 5 aromatic rings. The van der Waals surface area contributed by atoms with Crippen LogP contribution < -0.4 is 4.74 Å². The summed E-state index contributed by atoms with van der Waals surface area (Å²) in [6, 6.07) is 21.4. The van der Waals surface area contributed by atoms with E-state index in [0.29, 0.717) is 23.6 Å². The molecule has 0 saturated heterocycles. The van der Waals surface area contributed by atoms with Crippen LogP contribution in [-0.4, -0.2) is 29.9 Å². The van der Waals surface area contributed by atoms with Crippen LogP contribution in [-0.2, 0) is 6.42 Å². The van der Waals surface area contributed by atoms with Gasteiger partial charge in [-0.05, 0) is 99.5 Å². The van der Waals surface area contributed by atoms with Crippen molar-refractivity contribution in [3.8, 4) is 35.0 Å². The summed E-state index contributed by atoms with van der Waals surface area (Å²) in [5, 5.41) is 0. The molecular formula is C38H41NO3S4. The number of rotatable bonds is 15. The second kappa shape index (κ2) is 14.8. The minimum Gasteiger partial charge on any atom is -0.493 e. The minimum atomic E-state index is -0.147. The largest absolute Gasteiger partial charge is 0.493 e. The lowest BCUT2D eigenvalue weighted by Crippen LogP contribution is -2.31. The van der Waals surface area contributed by atoms with Crippen molar-refractivity contribution in [2.45, 2.75) is 72.6 Å². The van der Waals surface area contributed by atoms with Gasteiger partial charge in [-0.1, -0.05) is 45.2 Å². The predicted octanol–water partition coefficient (Wildman–Crippen LogP) is 11.8. The zero-order valence-corrected chi connectivity index (χ0v) is 30.3. The summed E-state index contributed by atoms with van der Waals surface area (Å²) >= 11 is 6.88. The zero-order valence-electron chi connectivity index (χ0n) is 27.0. The second-order valence-electron chi connectivity index (χ2n) is 12.1. The molecule has 1 aliphatic heterocycles. The van der Waals surface area contributed by atoms with Crippen molar-refractivity contribution in [3.63, 3.8) is 0 Å². The molecule has 0 radical (unpaired) electrons. The number of amides is 2. The molecule has 1 atom stereocenters. The highest BCUT2D eigenvalue weighted by atomic mass is 32.1. The average molecular weight is 688 g/mol. The molecule has 0 fully saturated rings. The lowest BCUT2D eigenvalue weighted by atomic mass is 10.0. The quantitative estimate of drug-likeness (QED) is 0.0813. The summed E-state index contributed by atoms with van der Waals surface area (Å²) in [7, 11) is 0. The van der Waals surface area contributed by atoms with Gasteiger partial charge in [0.05, 0.1) is 22.6 Å². The Balaban J connectivity index is 1.04. The SMILES string of the molecule is CCCCC(CC)COc1ccc(CCCCN2C(=O)c3c(C)sc(-c4ccc(-c5ccc(-c6ccc(C)s6)s5)s4)c3C2=O)cc1. The fourth-order valence-electron chi connectivity index (χ4n) is 5.97. The molecule has 4 aromatic heterocycles. The monoisotopic (exact) mass is 687 g/mol. The number of carbonyl (C=O) groups is 2. The first kappa shape index (κ1) is 32.9. The lowest BCUT2D eigenvalue weighted by Gasteiger charge is -2.16. The molecule has 0 bridgehead atoms. The number of imide groups is 1. The maximum absolute atomic E-state index is 13.7. The van der Waals surface area contributed by atoms with Gasteiger partial charge in [-0.3, -0.25) is 14.5 Å². The van der Waals surface area contributed by atoms with Gasteiger partial charge >= 0.3 is 0 Å². The van der Waals surface area contributed by atoms with Crippen LogP contribution in [0.1, 0.15) is 88.4 Å². The maximum atomic E-state index is 13.7. The van der Waals surface area contributed by atoms with E-state index >= 15 is 0 Å². The van der Waals surface area contributed by atoms with Gasteiger partial charge in [0.15, 0.2) is 0 Å². The van der Waals surface area contributed by atoms with E-state index in [4.69, 9.17) is 4.74 Å². The van der Waals surface area contributed by atoms with Crippen LogP contribution in [0, 0.1) is 19.8 Å². The van der Waals surface area contributed by atoms with E-state index in [-0.39, 0.29) is 11.8 Å². The highest BCUT2D eigenvalue weighted by Gasteiger charge is 2.40. The van der Waals surface area contributed by atoms with E-state index < -0.39 is 0 Å². The smallest absolute Gasteiger partial charge is 0.263 e. The molecule has 2 amide bonds. The molecule has 5 heterocycles. The number of hydrogen-bond donors (Lipinski definition) is 0. The highest BCUT2D eigenvalue weighted by Crippen LogP contribution is 2.47. The third kappa shape index (κ3) is 7.10. The lowest BCUT2D eigenvalue weighted by molar-refractivity contribution is 0.0652. The van der Waals surface area contributed by atoms with E-state index in [2.05, 4.69) is 81.4 Å². The van der Waals surface area contributed by atoms with Crippen LogP contribution in [0.5, 0.6) is 5.75 Å². The number of fused-ring (bicyclic) bond motifs is 1. The number of aryl methyl sites for hydroxylation is 3. The molecular weight excluding hydrogens is 647 g/mol. The van der Waals surface area contributed by atoms with Crippen LogP contribution >= 0.6 is 45.3 Å². The molecule has 8 heteroatoms. The van der Waals surface area contributed by atoms with Gasteiger partial charge in [-0.2, -0.15) is 0 Å². The third-order valence-corrected chi connectivity index (χ3v) is 13.6. The molecule has 4 nitrogen and oxygen atoms in total. The van der Waals surface area contributed by atoms with E-state index in [1.54, 1.807) is 34.0 Å². The molecule has 1 aliphatic rings. The van der Waals surface area contributed by atoms with E-state index in [0.717, 1.165) is 52.7 Å². The fraction of sp³-hybridized carbons (Fsp3) is 0.368. The number of benzene rings is 1. The summed E-state index contributed by atoms with van der Waals surface area (Å²) in [6.45, 7) is 9.80. The number of nitrogens with zero attached hydrogens (tertiary/aromatic N) is 1. The zero-order chi connectivity index (χ0) is 32.2. The first-order chi connectivity index (χ1) is 22.4. The van der Waals surface area contributed by atoms with Crippen LogP contribution in [0.25, 0.3) is 29.3 Å². The van der Waals surface area contributed by atoms with Crippen LogP contribution in [0.4, 0.5) is 0 Å². The van der Waals surface area contributed by atoms with Gasteiger partial charge in [-0.25, -0.2) is 0 Å². The van der Waals surface area contributed by atoms with Crippen molar-refractivity contribution < 1.29 is 14.3 Å². The van der Waals surface area contributed by atoms with Crippen molar-refractivity contribution in [2.75, 3.05) is 13.2 Å². The summed E-state index contributed by atoms with van der Waals surface area (Å²) in [5.41, 5.74) is 2.44. The Hall–Kier alpha value is -3.04. The molecule has 0 saturated carbocycles. The van der Waals surface area contributed by atoms with Gasteiger partial charge < -0.3 is 4.74 Å². The maximum Gasteiger partial charge on any atom is 0.263 e. The highest BCUT2D eigenvalue weighted by molar-refractivity contribution is 7.28. The Morgan fingerprint density at radius 2 is 1.33 bits per heavy atom. The molecule has 46 heavy (non-hydrogen) atoms. The van der Waals surface area contributed by atoms with Crippen molar-refractivity contribution >= 4 is 57.2 Å². The van der Waals surface area contributed by atoms with Crippen molar-refractivity contribution in [2.24, 2.45) is 5.92 Å². The van der Waals surface area contributed by atoms with Gasteiger partial charge in [0.25, 0.3) is 11.8 Å². The number of hydrogen-bond acceptors (Lipinski definition) is 7. The molecule has 0 spiro atoms. The summed E-state index contributed by atoms with van der Waals surface area (Å²) in [6.07, 6.45) is 7.45. The van der Waals surface area contributed by atoms with Crippen molar-refractivity contribution in [1.82, 2.24) is 4.90 Å². The predicted molar refractivity (Wildman–Crippen MR) is 197 cm³/mol. The Labute approximate surface area is 288 Å². The molecule has 1 aromatic carbocycles. The second-order valence-corrected chi connectivity index (χ2v) is 16.7. The number of carbonyl (C=O) groups excluding carboxylic acids is 2. The molecule has 0 aliphatic carbocycles. The third-order valence-electron chi connectivity index (χ3n) is 8.71. The fourth-order valence-corrected chi connectivity index (χ4v) is 10.3. The number of thiophene rings is 4. The first-order valence-electron chi connectivity index (χ1n) is 16.3. The molecule has 6 rings (SSSR count). The molecule has 240 valence electrons. The van der Waals surface area contributed by atoms with Crippen LogP contribution in [0.3, 0.4) is 0 Å². The molecule has 0 N–H and O–H groups in total. The minimum absolute atomic E-state index is 0.142. The van der Waals surface area contributed by atoms with E-state index in [1.165, 1.54) is 54.1 Å². The Morgan fingerprint density at radius 1 is 0.696 bits per heavy atom. The Morgan fingerprint density at radius 3 is 1.98 bits per heavy atom. The Bertz CT molecular complexity index is 1800. The summed E-state index contributed by atoms with van der Waals surface area (Å²) in [4.78, 5) is 37.7. The van der Waals surface area contributed by atoms with Gasteiger partial charge in [0, 0.05) is 40.7 Å². The average Bonchev–Trinajstić information content (AvgIpc) is 3.89. The normalized spacial score (nSPS) is 13.5. The molecule has 1 unspecified atom stereocenters. The van der Waals surface area contributed by atoms with E-state index in [9.17, 15) is 9.59 Å². The number of unbranched alkanes of at least 4 members (excludes halogenated alkanes) is 2. The summed E-state index contributed by atoms with van der Waals surface area (Å²) in [5.74, 6) is 1.25. The van der Waals surface area contributed by atoms with Gasteiger partial charge in [0.2, 0.25) is 0 Å². The topological polar surface area (TPSA) is 46.6 Å². The van der Waals surface area contributed by atoms with Crippen molar-refractivity contribution in [3.05, 3.63) is 87.1 Å².